The Kier molecular flexibility index (Phi) is 6.17. The number of benzene rings is 1. The van der Waals surface area contributed by atoms with Gasteiger partial charge >= 0.3 is 0 Å². The van der Waals surface area contributed by atoms with E-state index in [9.17, 15) is 12.8 Å². The van der Waals surface area contributed by atoms with Crippen molar-refractivity contribution in [1.82, 2.24) is 15.5 Å². The summed E-state index contributed by atoms with van der Waals surface area (Å²) in [5.41, 5.74) is 0.993. The molecule has 1 saturated heterocycles. The van der Waals surface area contributed by atoms with E-state index in [1.165, 1.54) is 12.1 Å². The van der Waals surface area contributed by atoms with E-state index in [1.54, 1.807) is 19.2 Å². The molecule has 134 valence electrons. The maximum Gasteiger partial charge on any atom is 0.191 e. The van der Waals surface area contributed by atoms with Gasteiger partial charge in [-0.2, -0.15) is 0 Å². The lowest BCUT2D eigenvalue weighted by molar-refractivity contribution is 0.298. The maximum absolute atomic E-state index is 13.1. The first-order chi connectivity index (χ1) is 11.3. The minimum Gasteiger partial charge on any atom is -0.354 e. The first-order valence-electron chi connectivity index (χ1n) is 7.90. The topological polar surface area (TPSA) is 73.8 Å². The Morgan fingerprint density at radius 3 is 2.54 bits per heavy atom. The number of nitrogens with zero attached hydrogens (tertiary/aromatic N) is 2. The van der Waals surface area contributed by atoms with Crippen LogP contribution in [-0.4, -0.2) is 64.5 Å². The van der Waals surface area contributed by atoms with Crippen molar-refractivity contribution in [2.45, 2.75) is 18.5 Å². The summed E-state index contributed by atoms with van der Waals surface area (Å²) in [4.78, 5) is 6.19. The normalized spacial score (nSPS) is 21.7. The molecule has 1 aliphatic rings. The number of guanidine groups is 1. The van der Waals surface area contributed by atoms with Crippen molar-refractivity contribution >= 4 is 15.8 Å². The van der Waals surface area contributed by atoms with Gasteiger partial charge in [0, 0.05) is 19.6 Å². The molecule has 0 spiro atoms. The van der Waals surface area contributed by atoms with Crippen molar-refractivity contribution in [3.63, 3.8) is 0 Å². The molecule has 1 aliphatic heterocycles. The molecule has 1 aromatic rings. The van der Waals surface area contributed by atoms with E-state index in [1.807, 2.05) is 19.0 Å². The molecule has 0 saturated carbocycles. The molecular formula is C16H25FN4O2S. The van der Waals surface area contributed by atoms with Crippen molar-refractivity contribution in [3.8, 4) is 0 Å². The molecule has 0 aromatic heterocycles. The Morgan fingerprint density at radius 2 is 2.04 bits per heavy atom. The third-order valence-electron chi connectivity index (χ3n) is 4.14. The molecule has 1 aromatic carbocycles. The molecule has 0 bridgehead atoms. The van der Waals surface area contributed by atoms with Gasteiger partial charge < -0.3 is 15.5 Å². The lowest BCUT2D eigenvalue weighted by Gasteiger charge is -2.26. The second-order valence-electron chi connectivity index (χ2n) is 6.23. The van der Waals surface area contributed by atoms with E-state index in [-0.39, 0.29) is 29.4 Å². The Morgan fingerprint density at radius 1 is 1.38 bits per heavy atom. The first kappa shape index (κ1) is 18.7. The van der Waals surface area contributed by atoms with Crippen molar-refractivity contribution in [3.05, 3.63) is 35.6 Å². The van der Waals surface area contributed by atoms with Crippen LogP contribution in [0.2, 0.25) is 0 Å². The van der Waals surface area contributed by atoms with Crippen molar-refractivity contribution < 1.29 is 12.8 Å². The van der Waals surface area contributed by atoms with Crippen LogP contribution in [0.4, 0.5) is 4.39 Å². The molecule has 0 radical (unpaired) electrons. The molecule has 0 aliphatic carbocycles. The standard InChI is InChI=1S/C16H25FN4O2S/c1-18-16(20-14-8-9-24(22,23)11-14)19-10-15(21(2)3)12-4-6-13(17)7-5-12/h4-7,14-15H,8-11H2,1-3H3,(H2,18,19,20). The van der Waals surface area contributed by atoms with Gasteiger partial charge in [-0.25, -0.2) is 12.8 Å². The third kappa shape index (κ3) is 5.17. The average Bonchev–Trinajstić information content (AvgIpc) is 2.86. The summed E-state index contributed by atoms with van der Waals surface area (Å²) in [5.74, 6) is 0.676. The summed E-state index contributed by atoms with van der Waals surface area (Å²) >= 11 is 0. The van der Waals surface area contributed by atoms with Gasteiger partial charge in [0.15, 0.2) is 15.8 Å². The fraction of sp³-hybridized carbons (Fsp3) is 0.562. The summed E-state index contributed by atoms with van der Waals surface area (Å²) < 4.78 is 36.2. The van der Waals surface area contributed by atoms with Crippen LogP contribution in [0.3, 0.4) is 0 Å². The Balaban J connectivity index is 1.96. The summed E-state index contributed by atoms with van der Waals surface area (Å²) in [6.45, 7) is 0.567. The number of hydrogen-bond acceptors (Lipinski definition) is 4. The largest absolute Gasteiger partial charge is 0.354 e. The third-order valence-corrected chi connectivity index (χ3v) is 5.91. The summed E-state index contributed by atoms with van der Waals surface area (Å²) in [6.07, 6.45) is 0.595. The van der Waals surface area contributed by atoms with E-state index in [0.717, 1.165) is 5.56 Å². The van der Waals surface area contributed by atoms with E-state index in [2.05, 4.69) is 15.6 Å². The zero-order valence-electron chi connectivity index (χ0n) is 14.3. The highest BCUT2D eigenvalue weighted by atomic mass is 32.2. The van der Waals surface area contributed by atoms with Gasteiger partial charge in [0.25, 0.3) is 0 Å². The summed E-state index contributed by atoms with van der Waals surface area (Å²) in [5, 5.41) is 6.38. The minimum absolute atomic E-state index is 0.0384. The molecule has 1 fully saturated rings. The highest BCUT2D eigenvalue weighted by molar-refractivity contribution is 7.91. The smallest absolute Gasteiger partial charge is 0.191 e. The zero-order chi connectivity index (χ0) is 17.7. The molecule has 24 heavy (non-hydrogen) atoms. The molecule has 1 heterocycles. The van der Waals surface area contributed by atoms with Gasteiger partial charge in [-0.05, 0) is 38.2 Å². The number of aliphatic imine (C=N–C) groups is 1. The first-order valence-corrected chi connectivity index (χ1v) is 9.72. The van der Waals surface area contributed by atoms with Crippen LogP contribution in [0.15, 0.2) is 29.3 Å². The zero-order valence-corrected chi connectivity index (χ0v) is 15.1. The van der Waals surface area contributed by atoms with Crippen LogP contribution in [-0.2, 0) is 9.84 Å². The van der Waals surface area contributed by atoms with Crippen LogP contribution in [0.5, 0.6) is 0 Å². The molecule has 2 N–H and O–H groups in total. The molecule has 6 nitrogen and oxygen atoms in total. The molecule has 2 unspecified atom stereocenters. The molecular weight excluding hydrogens is 331 g/mol. The number of halogens is 1. The molecule has 0 amide bonds. The SMILES string of the molecule is CN=C(NCC(c1ccc(F)cc1)N(C)C)NC1CCS(=O)(=O)C1. The van der Waals surface area contributed by atoms with Gasteiger partial charge in [0.05, 0.1) is 17.5 Å². The van der Waals surface area contributed by atoms with Crippen molar-refractivity contribution in [1.29, 1.82) is 0 Å². The fourth-order valence-corrected chi connectivity index (χ4v) is 4.45. The predicted octanol–water partition coefficient (Wildman–Crippen LogP) is 0.780. The second kappa shape index (κ2) is 7.94. The Bertz CT molecular complexity index is 674. The van der Waals surface area contributed by atoms with Crippen LogP contribution < -0.4 is 10.6 Å². The quantitative estimate of drug-likeness (QED) is 0.603. The minimum atomic E-state index is -2.93. The molecule has 2 atom stereocenters. The maximum atomic E-state index is 13.1. The highest BCUT2D eigenvalue weighted by Crippen LogP contribution is 2.18. The lowest BCUT2D eigenvalue weighted by atomic mass is 10.1. The number of likely N-dealkylation sites (N-methyl/N-ethyl adjacent to an activating group) is 1. The second-order valence-corrected chi connectivity index (χ2v) is 8.46. The van der Waals surface area contributed by atoms with Crippen LogP contribution >= 0.6 is 0 Å². The fourth-order valence-electron chi connectivity index (χ4n) is 2.77. The molecule has 8 heteroatoms. The Labute approximate surface area is 143 Å². The van der Waals surface area contributed by atoms with Crippen molar-refractivity contribution in [2.75, 3.05) is 39.2 Å². The number of sulfone groups is 1. The van der Waals surface area contributed by atoms with Gasteiger partial charge in [-0.1, -0.05) is 12.1 Å². The van der Waals surface area contributed by atoms with Gasteiger partial charge in [0.2, 0.25) is 0 Å². The predicted molar refractivity (Wildman–Crippen MR) is 94.4 cm³/mol. The van der Waals surface area contributed by atoms with E-state index in [4.69, 9.17) is 0 Å². The van der Waals surface area contributed by atoms with E-state index in [0.29, 0.717) is 18.9 Å². The number of hydrogen-bond donors (Lipinski definition) is 2. The van der Waals surface area contributed by atoms with Crippen LogP contribution in [0.25, 0.3) is 0 Å². The highest BCUT2D eigenvalue weighted by Gasteiger charge is 2.28. The van der Waals surface area contributed by atoms with Crippen LogP contribution in [0.1, 0.15) is 18.0 Å². The van der Waals surface area contributed by atoms with E-state index >= 15 is 0 Å². The molecule has 2 rings (SSSR count). The average molecular weight is 356 g/mol. The monoisotopic (exact) mass is 356 g/mol. The number of nitrogens with one attached hydrogen (secondary N) is 2. The van der Waals surface area contributed by atoms with Gasteiger partial charge in [0.1, 0.15) is 5.82 Å². The van der Waals surface area contributed by atoms with E-state index < -0.39 is 9.84 Å². The number of rotatable bonds is 5. The van der Waals surface area contributed by atoms with Gasteiger partial charge in [-0.3, -0.25) is 4.99 Å². The lowest BCUT2D eigenvalue weighted by Crippen LogP contribution is -2.46. The van der Waals surface area contributed by atoms with Gasteiger partial charge in [-0.15, -0.1) is 0 Å². The summed E-state index contributed by atoms with van der Waals surface area (Å²) in [7, 11) is 2.63. The Hall–Kier alpha value is -1.67. The summed E-state index contributed by atoms with van der Waals surface area (Å²) in [6, 6.07) is 6.36. The van der Waals surface area contributed by atoms with Crippen LogP contribution in [0, 0.1) is 5.82 Å². The van der Waals surface area contributed by atoms with Crippen molar-refractivity contribution in [2.24, 2.45) is 4.99 Å².